The van der Waals surface area contributed by atoms with Crippen LogP contribution < -0.4 is 0 Å². The van der Waals surface area contributed by atoms with Gasteiger partial charge in [-0.05, 0) is 56.4 Å². The molecule has 4 heteroatoms. The molecule has 0 aromatic heterocycles. The molecule has 0 aliphatic heterocycles. The molecule has 0 atom stereocenters. The number of halogens is 1. The topological polar surface area (TPSA) is 40.5 Å². The number of carbonyl (C=O) groups excluding carboxylic acids is 1. The number of nitrogens with zero attached hydrogens (tertiary/aromatic N) is 1. The lowest BCUT2D eigenvalue weighted by Gasteiger charge is -2.37. The van der Waals surface area contributed by atoms with Crippen LogP contribution >= 0.6 is 15.9 Å². The maximum atomic E-state index is 12.6. The van der Waals surface area contributed by atoms with E-state index in [1.807, 2.05) is 11.8 Å². The second-order valence-corrected chi connectivity index (χ2v) is 5.92. The number of aryl methyl sites for hydroxylation is 1. The number of phenolic OH excluding ortho intramolecular Hbond substituents is 1. The first kappa shape index (κ1) is 14.4. The van der Waals surface area contributed by atoms with Crippen LogP contribution in [0.25, 0.3) is 0 Å². The highest BCUT2D eigenvalue weighted by atomic mass is 79.9. The van der Waals surface area contributed by atoms with Crippen molar-refractivity contribution in [1.29, 1.82) is 0 Å². The van der Waals surface area contributed by atoms with Gasteiger partial charge in [-0.2, -0.15) is 0 Å². The molecule has 3 nitrogen and oxygen atoms in total. The molecule has 0 bridgehead atoms. The summed E-state index contributed by atoms with van der Waals surface area (Å²) in [7, 11) is 0. The van der Waals surface area contributed by atoms with Crippen molar-refractivity contribution in [3.8, 4) is 5.75 Å². The number of carbonyl (C=O) groups is 1. The van der Waals surface area contributed by atoms with Gasteiger partial charge in [-0.25, -0.2) is 0 Å². The Morgan fingerprint density at radius 2 is 2.21 bits per heavy atom. The summed E-state index contributed by atoms with van der Waals surface area (Å²) in [6.07, 6.45) is 4.42. The molecule has 0 unspecified atom stereocenters. The Morgan fingerprint density at radius 1 is 1.47 bits per heavy atom. The van der Waals surface area contributed by atoms with Crippen molar-refractivity contribution in [3.63, 3.8) is 0 Å². The Kier molecular flexibility index (Phi) is 4.86. The second-order valence-electron chi connectivity index (χ2n) is 5.13. The zero-order valence-electron chi connectivity index (χ0n) is 11.2. The van der Waals surface area contributed by atoms with Gasteiger partial charge in [0.25, 0.3) is 5.91 Å². The molecule has 1 saturated carbocycles. The molecular weight excluding hydrogens is 306 g/mol. The Morgan fingerprint density at radius 3 is 2.74 bits per heavy atom. The molecule has 0 radical (unpaired) electrons. The summed E-state index contributed by atoms with van der Waals surface area (Å²) in [5.41, 5.74) is 1.43. The van der Waals surface area contributed by atoms with Gasteiger partial charge in [-0.15, -0.1) is 0 Å². The third-order valence-corrected chi connectivity index (χ3v) is 4.31. The molecule has 1 fully saturated rings. The van der Waals surface area contributed by atoms with Gasteiger partial charge < -0.3 is 10.0 Å². The number of benzene rings is 1. The van der Waals surface area contributed by atoms with Crippen LogP contribution in [0.1, 0.15) is 41.6 Å². The van der Waals surface area contributed by atoms with Gasteiger partial charge in [0.05, 0.1) is 0 Å². The lowest BCUT2D eigenvalue weighted by Crippen LogP contribution is -2.44. The first-order valence-electron chi connectivity index (χ1n) is 6.80. The summed E-state index contributed by atoms with van der Waals surface area (Å²) >= 11 is 3.42. The predicted molar refractivity (Wildman–Crippen MR) is 79.9 cm³/mol. The van der Waals surface area contributed by atoms with Gasteiger partial charge in [-0.1, -0.05) is 15.9 Å². The molecule has 0 heterocycles. The van der Waals surface area contributed by atoms with E-state index in [1.54, 1.807) is 18.2 Å². The van der Waals surface area contributed by atoms with Crippen LogP contribution in [0.4, 0.5) is 0 Å². The van der Waals surface area contributed by atoms with Gasteiger partial charge in [0, 0.05) is 23.5 Å². The largest absolute Gasteiger partial charge is 0.508 e. The van der Waals surface area contributed by atoms with Crippen molar-refractivity contribution in [2.75, 3.05) is 11.9 Å². The molecule has 19 heavy (non-hydrogen) atoms. The van der Waals surface area contributed by atoms with E-state index < -0.39 is 0 Å². The van der Waals surface area contributed by atoms with E-state index in [-0.39, 0.29) is 11.7 Å². The SMILES string of the molecule is Cc1cc(C(=O)N(CCCBr)C2CCC2)ccc1O. The number of rotatable bonds is 5. The number of aromatic hydroxyl groups is 1. The molecule has 1 aliphatic carbocycles. The summed E-state index contributed by atoms with van der Waals surface area (Å²) in [5.74, 6) is 0.334. The number of phenols is 1. The molecule has 1 aromatic rings. The van der Waals surface area contributed by atoms with E-state index in [2.05, 4.69) is 15.9 Å². The minimum atomic E-state index is 0.0914. The average Bonchev–Trinajstić information content (AvgIpc) is 2.34. The fourth-order valence-electron chi connectivity index (χ4n) is 2.33. The lowest BCUT2D eigenvalue weighted by molar-refractivity contribution is 0.0581. The van der Waals surface area contributed by atoms with E-state index in [4.69, 9.17) is 0 Å². The smallest absolute Gasteiger partial charge is 0.254 e. The Balaban J connectivity index is 2.15. The lowest BCUT2D eigenvalue weighted by atomic mass is 9.90. The summed E-state index contributed by atoms with van der Waals surface area (Å²) in [5, 5.41) is 10.5. The van der Waals surface area contributed by atoms with Crippen LogP contribution in [0, 0.1) is 6.92 Å². The highest BCUT2D eigenvalue weighted by molar-refractivity contribution is 9.09. The zero-order chi connectivity index (χ0) is 13.8. The third kappa shape index (κ3) is 3.30. The van der Waals surface area contributed by atoms with E-state index in [0.29, 0.717) is 11.6 Å². The van der Waals surface area contributed by atoms with Crippen molar-refractivity contribution in [3.05, 3.63) is 29.3 Å². The monoisotopic (exact) mass is 325 g/mol. The van der Waals surface area contributed by atoms with E-state index in [0.717, 1.165) is 36.7 Å². The van der Waals surface area contributed by atoms with Crippen molar-refractivity contribution in [1.82, 2.24) is 4.90 Å². The number of alkyl halides is 1. The first-order valence-corrected chi connectivity index (χ1v) is 7.92. The standard InChI is InChI=1S/C15H20BrNO2/c1-11-10-12(6-7-14(11)18)15(19)17(9-3-8-16)13-4-2-5-13/h6-7,10,13,18H,2-5,8-9H2,1H3. The maximum Gasteiger partial charge on any atom is 0.254 e. The van der Waals surface area contributed by atoms with Crippen molar-refractivity contribution in [2.45, 2.75) is 38.6 Å². The highest BCUT2D eigenvalue weighted by Gasteiger charge is 2.29. The molecular formula is C15H20BrNO2. The molecule has 2 rings (SSSR count). The first-order chi connectivity index (χ1) is 9.13. The Hall–Kier alpha value is -1.03. The third-order valence-electron chi connectivity index (χ3n) is 3.75. The van der Waals surface area contributed by atoms with E-state index >= 15 is 0 Å². The van der Waals surface area contributed by atoms with Gasteiger partial charge in [0.2, 0.25) is 0 Å². The van der Waals surface area contributed by atoms with Crippen molar-refractivity contribution < 1.29 is 9.90 Å². The Bertz CT molecular complexity index is 457. The summed E-state index contributed by atoms with van der Waals surface area (Å²) < 4.78 is 0. The minimum Gasteiger partial charge on any atom is -0.508 e. The quantitative estimate of drug-likeness (QED) is 0.842. The number of amides is 1. The van der Waals surface area contributed by atoms with Crippen LogP contribution in [-0.4, -0.2) is 33.8 Å². The molecule has 0 spiro atoms. The van der Waals surface area contributed by atoms with Crippen LogP contribution in [0.15, 0.2) is 18.2 Å². The Labute approximate surface area is 122 Å². The summed E-state index contributed by atoms with van der Waals surface area (Å²) in [6, 6.07) is 5.49. The van der Waals surface area contributed by atoms with Crippen LogP contribution in [0.2, 0.25) is 0 Å². The molecule has 104 valence electrons. The maximum absolute atomic E-state index is 12.6. The normalized spacial score (nSPS) is 15.1. The van der Waals surface area contributed by atoms with Crippen molar-refractivity contribution >= 4 is 21.8 Å². The highest BCUT2D eigenvalue weighted by Crippen LogP contribution is 2.27. The van der Waals surface area contributed by atoms with Gasteiger partial charge in [-0.3, -0.25) is 4.79 Å². The van der Waals surface area contributed by atoms with Crippen LogP contribution in [0.5, 0.6) is 5.75 Å². The van der Waals surface area contributed by atoms with Gasteiger partial charge >= 0.3 is 0 Å². The molecule has 1 amide bonds. The fourth-order valence-corrected chi connectivity index (χ4v) is 2.58. The minimum absolute atomic E-state index is 0.0914. The summed E-state index contributed by atoms with van der Waals surface area (Å²) in [4.78, 5) is 14.6. The summed E-state index contributed by atoms with van der Waals surface area (Å²) in [6.45, 7) is 2.62. The molecule has 0 saturated heterocycles. The van der Waals surface area contributed by atoms with Gasteiger partial charge in [0.1, 0.15) is 5.75 Å². The fraction of sp³-hybridized carbons (Fsp3) is 0.533. The second kappa shape index (κ2) is 6.42. The predicted octanol–water partition coefficient (Wildman–Crippen LogP) is 3.48. The van der Waals surface area contributed by atoms with E-state index in [9.17, 15) is 9.90 Å². The van der Waals surface area contributed by atoms with Gasteiger partial charge in [0.15, 0.2) is 0 Å². The average molecular weight is 326 g/mol. The van der Waals surface area contributed by atoms with Crippen molar-refractivity contribution in [2.24, 2.45) is 0 Å². The number of hydrogen-bond donors (Lipinski definition) is 1. The van der Waals surface area contributed by atoms with E-state index in [1.165, 1.54) is 6.42 Å². The van der Waals surface area contributed by atoms with Crippen LogP contribution in [0.3, 0.4) is 0 Å². The zero-order valence-corrected chi connectivity index (χ0v) is 12.8. The molecule has 1 aliphatic rings. The number of hydrogen-bond acceptors (Lipinski definition) is 2. The molecule has 1 N–H and O–H groups in total. The molecule has 1 aromatic carbocycles. The van der Waals surface area contributed by atoms with Crippen LogP contribution in [-0.2, 0) is 0 Å².